The summed E-state index contributed by atoms with van der Waals surface area (Å²) < 4.78 is 6.27. The molecule has 0 aliphatic heterocycles. The summed E-state index contributed by atoms with van der Waals surface area (Å²) >= 11 is 3.45. The first-order valence-electron chi connectivity index (χ1n) is 6.20. The number of hydrogen-bond acceptors (Lipinski definition) is 2. The Hall–Kier alpha value is -0.870. The van der Waals surface area contributed by atoms with Crippen LogP contribution in [0.3, 0.4) is 0 Å². The van der Waals surface area contributed by atoms with Crippen LogP contribution in [0.1, 0.15) is 35.2 Å². The van der Waals surface area contributed by atoms with Crippen LogP contribution in [0, 0.1) is 6.92 Å². The maximum Gasteiger partial charge on any atom is 0.251 e. The van der Waals surface area contributed by atoms with Gasteiger partial charge in [0, 0.05) is 23.2 Å². The maximum atomic E-state index is 12.1. The first-order valence-corrected chi connectivity index (χ1v) is 6.99. The van der Waals surface area contributed by atoms with Crippen LogP contribution in [-0.2, 0) is 4.74 Å². The molecular formula is C14H18BrNO2. The van der Waals surface area contributed by atoms with Crippen molar-refractivity contribution in [1.29, 1.82) is 0 Å². The van der Waals surface area contributed by atoms with Gasteiger partial charge in [0.05, 0.1) is 6.10 Å². The normalized spacial score (nSPS) is 23.1. The van der Waals surface area contributed by atoms with Crippen LogP contribution < -0.4 is 5.32 Å². The van der Waals surface area contributed by atoms with E-state index in [0.717, 1.165) is 29.3 Å². The standard InChI is InChI=1S/C14H18BrNO2/c1-9-3-4-10(7-13(9)15)14(17)16-11-5-6-12(8-11)18-2/h3-4,7,11-12H,5-6,8H2,1-2H3,(H,16,17). The third-order valence-corrected chi connectivity index (χ3v) is 4.34. The highest BCUT2D eigenvalue weighted by Crippen LogP contribution is 2.22. The third kappa shape index (κ3) is 3.12. The monoisotopic (exact) mass is 311 g/mol. The molecule has 0 saturated heterocycles. The molecule has 0 aromatic heterocycles. The SMILES string of the molecule is COC1CCC(NC(=O)c2ccc(C)c(Br)c2)C1. The minimum atomic E-state index is -0.00236. The molecule has 0 spiro atoms. The van der Waals surface area contributed by atoms with Crippen molar-refractivity contribution in [3.05, 3.63) is 33.8 Å². The van der Waals surface area contributed by atoms with Gasteiger partial charge in [0.25, 0.3) is 5.91 Å². The number of rotatable bonds is 3. The van der Waals surface area contributed by atoms with Crippen LogP contribution >= 0.6 is 15.9 Å². The fourth-order valence-electron chi connectivity index (χ4n) is 2.29. The van der Waals surface area contributed by atoms with Crippen molar-refractivity contribution < 1.29 is 9.53 Å². The van der Waals surface area contributed by atoms with E-state index in [-0.39, 0.29) is 11.9 Å². The van der Waals surface area contributed by atoms with Crippen molar-refractivity contribution in [3.8, 4) is 0 Å². The van der Waals surface area contributed by atoms with Gasteiger partial charge in [-0.3, -0.25) is 4.79 Å². The molecule has 1 saturated carbocycles. The van der Waals surface area contributed by atoms with Gasteiger partial charge in [0.2, 0.25) is 0 Å². The summed E-state index contributed by atoms with van der Waals surface area (Å²) in [6.45, 7) is 2.01. The topological polar surface area (TPSA) is 38.3 Å². The second kappa shape index (κ2) is 5.85. The van der Waals surface area contributed by atoms with Crippen molar-refractivity contribution in [2.75, 3.05) is 7.11 Å². The van der Waals surface area contributed by atoms with Gasteiger partial charge in [-0.2, -0.15) is 0 Å². The average molecular weight is 312 g/mol. The van der Waals surface area contributed by atoms with E-state index in [4.69, 9.17) is 4.74 Å². The number of aryl methyl sites for hydroxylation is 1. The van der Waals surface area contributed by atoms with Crippen LogP contribution in [0.4, 0.5) is 0 Å². The minimum absolute atomic E-state index is 0.00236. The molecule has 0 bridgehead atoms. The number of hydrogen-bond donors (Lipinski definition) is 1. The van der Waals surface area contributed by atoms with Crippen molar-refractivity contribution >= 4 is 21.8 Å². The zero-order valence-electron chi connectivity index (χ0n) is 10.7. The summed E-state index contributed by atoms with van der Waals surface area (Å²) in [5.74, 6) is -0.00236. The van der Waals surface area contributed by atoms with Gasteiger partial charge in [0.1, 0.15) is 0 Å². The molecule has 2 atom stereocenters. The molecule has 18 heavy (non-hydrogen) atoms. The zero-order chi connectivity index (χ0) is 13.1. The van der Waals surface area contributed by atoms with Crippen LogP contribution in [0.5, 0.6) is 0 Å². The number of carbonyl (C=O) groups is 1. The smallest absolute Gasteiger partial charge is 0.251 e. The summed E-state index contributed by atoms with van der Waals surface area (Å²) in [5, 5.41) is 3.07. The Labute approximate surface area is 116 Å². The van der Waals surface area contributed by atoms with E-state index in [1.54, 1.807) is 7.11 Å². The van der Waals surface area contributed by atoms with Gasteiger partial charge in [-0.05, 0) is 43.9 Å². The minimum Gasteiger partial charge on any atom is -0.381 e. The van der Waals surface area contributed by atoms with Gasteiger partial charge in [0.15, 0.2) is 0 Å². The van der Waals surface area contributed by atoms with E-state index in [2.05, 4.69) is 21.2 Å². The van der Waals surface area contributed by atoms with Crippen LogP contribution in [-0.4, -0.2) is 25.2 Å². The summed E-state index contributed by atoms with van der Waals surface area (Å²) in [7, 11) is 1.73. The first kappa shape index (κ1) is 13.6. The summed E-state index contributed by atoms with van der Waals surface area (Å²) in [4.78, 5) is 12.1. The van der Waals surface area contributed by atoms with Crippen molar-refractivity contribution in [1.82, 2.24) is 5.32 Å². The van der Waals surface area contributed by atoms with Crippen LogP contribution in [0.15, 0.2) is 22.7 Å². The quantitative estimate of drug-likeness (QED) is 0.931. The molecule has 1 aliphatic carbocycles. The highest BCUT2D eigenvalue weighted by atomic mass is 79.9. The fourth-order valence-corrected chi connectivity index (χ4v) is 2.67. The molecule has 1 aromatic carbocycles. The Morgan fingerprint density at radius 2 is 2.22 bits per heavy atom. The predicted octanol–water partition coefficient (Wildman–Crippen LogP) is 3.05. The molecule has 1 fully saturated rings. The van der Waals surface area contributed by atoms with Crippen molar-refractivity contribution in [2.24, 2.45) is 0 Å². The second-order valence-electron chi connectivity index (χ2n) is 4.81. The lowest BCUT2D eigenvalue weighted by Gasteiger charge is -2.13. The molecule has 1 N–H and O–H groups in total. The van der Waals surface area contributed by atoms with E-state index in [1.165, 1.54) is 0 Å². The number of amides is 1. The van der Waals surface area contributed by atoms with E-state index < -0.39 is 0 Å². The Bertz CT molecular complexity index is 447. The number of halogens is 1. The van der Waals surface area contributed by atoms with Gasteiger partial charge < -0.3 is 10.1 Å². The first-order chi connectivity index (χ1) is 8.60. The van der Waals surface area contributed by atoms with E-state index in [0.29, 0.717) is 11.7 Å². The molecule has 2 unspecified atom stereocenters. The number of ether oxygens (including phenoxy) is 1. The Morgan fingerprint density at radius 1 is 1.44 bits per heavy atom. The third-order valence-electron chi connectivity index (χ3n) is 3.49. The average Bonchev–Trinajstić information content (AvgIpc) is 2.80. The molecule has 98 valence electrons. The lowest BCUT2D eigenvalue weighted by Crippen LogP contribution is -2.33. The molecule has 1 aliphatic rings. The molecule has 3 nitrogen and oxygen atoms in total. The highest BCUT2D eigenvalue weighted by Gasteiger charge is 2.25. The number of benzene rings is 1. The fraction of sp³-hybridized carbons (Fsp3) is 0.500. The number of nitrogens with one attached hydrogen (secondary N) is 1. The van der Waals surface area contributed by atoms with Crippen LogP contribution in [0.25, 0.3) is 0 Å². The number of carbonyl (C=O) groups excluding carboxylic acids is 1. The molecule has 0 heterocycles. The van der Waals surface area contributed by atoms with Gasteiger partial charge in [-0.15, -0.1) is 0 Å². The lowest BCUT2D eigenvalue weighted by molar-refractivity contribution is 0.0915. The largest absolute Gasteiger partial charge is 0.381 e. The van der Waals surface area contributed by atoms with E-state index >= 15 is 0 Å². The molecule has 2 rings (SSSR count). The summed E-state index contributed by atoms with van der Waals surface area (Å²) in [6.07, 6.45) is 3.23. The second-order valence-corrected chi connectivity index (χ2v) is 5.66. The predicted molar refractivity (Wildman–Crippen MR) is 74.8 cm³/mol. The van der Waals surface area contributed by atoms with E-state index in [1.807, 2.05) is 25.1 Å². The van der Waals surface area contributed by atoms with Gasteiger partial charge >= 0.3 is 0 Å². The zero-order valence-corrected chi connectivity index (χ0v) is 12.3. The van der Waals surface area contributed by atoms with Crippen LogP contribution in [0.2, 0.25) is 0 Å². The Kier molecular flexibility index (Phi) is 4.40. The molecule has 1 aromatic rings. The van der Waals surface area contributed by atoms with Gasteiger partial charge in [-0.1, -0.05) is 22.0 Å². The lowest BCUT2D eigenvalue weighted by atomic mass is 10.1. The molecule has 4 heteroatoms. The molecule has 1 amide bonds. The summed E-state index contributed by atoms with van der Waals surface area (Å²) in [6, 6.07) is 5.92. The van der Waals surface area contributed by atoms with Gasteiger partial charge in [-0.25, -0.2) is 0 Å². The van der Waals surface area contributed by atoms with Crippen molar-refractivity contribution in [2.45, 2.75) is 38.3 Å². The van der Waals surface area contributed by atoms with E-state index in [9.17, 15) is 4.79 Å². The molecule has 0 radical (unpaired) electrons. The Morgan fingerprint density at radius 3 is 2.83 bits per heavy atom. The Balaban J connectivity index is 1.97. The summed E-state index contributed by atoms with van der Waals surface area (Å²) in [5.41, 5.74) is 1.83. The molecular weight excluding hydrogens is 294 g/mol. The van der Waals surface area contributed by atoms with Crippen molar-refractivity contribution in [3.63, 3.8) is 0 Å². The highest BCUT2D eigenvalue weighted by molar-refractivity contribution is 9.10. The number of methoxy groups -OCH3 is 1. The maximum absolute atomic E-state index is 12.1.